The maximum Gasteiger partial charge on any atom is 0.335 e. The Hall–Kier alpha value is -2.40. The van der Waals surface area contributed by atoms with Crippen LogP contribution in [0.25, 0.3) is 0 Å². The fourth-order valence-electron chi connectivity index (χ4n) is 2.62. The third-order valence-corrected chi connectivity index (χ3v) is 4.54. The summed E-state index contributed by atoms with van der Waals surface area (Å²) in [5.74, 6) is -1.04. The number of aromatic hydroxyl groups is 1. The van der Waals surface area contributed by atoms with Gasteiger partial charge in [-0.1, -0.05) is 30.2 Å². The number of carboxylic acid groups (broad SMARTS) is 1. The molecule has 1 aromatic rings. The number of Topliss-reactive ketones (excluding diaryl/α,β-unsaturated/α-hetero) is 1. The number of aryl methyl sites for hydroxylation is 1. The monoisotopic (exact) mass is 374 g/mol. The summed E-state index contributed by atoms with van der Waals surface area (Å²) in [7, 11) is 0. The molecular weight excluding hydrogens is 344 g/mol. The largest absolute Gasteiger partial charge is 0.507 e. The number of rotatable bonds is 10. The first kappa shape index (κ1) is 22.6. The van der Waals surface area contributed by atoms with Crippen LogP contribution in [0.1, 0.15) is 62.0 Å². The number of phenols is 1. The fraction of sp³-hybridized carbons (Fsp3) is 0.455. The standard InChI is InChI=1S/C22H30O5/c1-14(2)5-10-20(24)16(4)7-9-18-12-19(22(26)27)11-17(21(18)25)8-6-15(3)13-23/h5-6,11-12,16,23,25H,7-10,13H2,1-4H3,(H,26,27)/t16-/m0/s1. The van der Waals surface area contributed by atoms with Crippen molar-refractivity contribution in [1.82, 2.24) is 0 Å². The first-order valence-electron chi connectivity index (χ1n) is 9.16. The summed E-state index contributed by atoms with van der Waals surface area (Å²) in [6.45, 7) is 7.42. The highest BCUT2D eigenvalue weighted by Crippen LogP contribution is 2.28. The van der Waals surface area contributed by atoms with Gasteiger partial charge in [-0.2, -0.15) is 0 Å². The lowest BCUT2D eigenvalue weighted by molar-refractivity contribution is -0.121. The number of carboxylic acids is 1. The number of ketones is 1. The number of aromatic carboxylic acids is 1. The van der Waals surface area contributed by atoms with Gasteiger partial charge in [0.05, 0.1) is 12.2 Å². The van der Waals surface area contributed by atoms with Gasteiger partial charge in [0.25, 0.3) is 0 Å². The molecule has 0 saturated carbocycles. The summed E-state index contributed by atoms with van der Waals surface area (Å²) in [5, 5.41) is 29.0. The van der Waals surface area contributed by atoms with E-state index >= 15 is 0 Å². The van der Waals surface area contributed by atoms with Crippen LogP contribution in [-0.4, -0.2) is 33.7 Å². The van der Waals surface area contributed by atoms with E-state index in [1.807, 2.05) is 26.8 Å². The molecule has 0 saturated heterocycles. The number of allylic oxidation sites excluding steroid dienone is 3. The molecule has 0 bridgehead atoms. The molecular formula is C22H30O5. The molecule has 0 fully saturated rings. The Bertz CT molecular complexity index is 739. The quantitative estimate of drug-likeness (QED) is 0.537. The second kappa shape index (κ2) is 10.7. The number of hydrogen-bond donors (Lipinski definition) is 3. The summed E-state index contributed by atoms with van der Waals surface area (Å²) in [6.07, 6.45) is 5.34. The van der Waals surface area contributed by atoms with E-state index in [4.69, 9.17) is 5.11 Å². The molecule has 1 rings (SSSR count). The number of carbonyl (C=O) groups is 2. The van der Waals surface area contributed by atoms with Crippen molar-refractivity contribution in [3.05, 3.63) is 52.1 Å². The highest BCUT2D eigenvalue weighted by molar-refractivity contribution is 5.88. The van der Waals surface area contributed by atoms with Gasteiger partial charge in [-0.3, -0.25) is 4.79 Å². The lowest BCUT2D eigenvalue weighted by Gasteiger charge is -2.13. The predicted molar refractivity (Wildman–Crippen MR) is 106 cm³/mol. The number of phenolic OH excluding ortho intramolecular Hbond substituents is 1. The van der Waals surface area contributed by atoms with Crippen molar-refractivity contribution in [1.29, 1.82) is 0 Å². The lowest BCUT2D eigenvalue weighted by atomic mass is 9.92. The zero-order valence-electron chi connectivity index (χ0n) is 16.6. The lowest BCUT2D eigenvalue weighted by Crippen LogP contribution is -2.11. The molecule has 5 nitrogen and oxygen atoms in total. The molecule has 27 heavy (non-hydrogen) atoms. The van der Waals surface area contributed by atoms with Gasteiger partial charge in [0, 0.05) is 12.3 Å². The van der Waals surface area contributed by atoms with E-state index in [0.717, 1.165) is 11.1 Å². The Morgan fingerprint density at radius 2 is 1.74 bits per heavy atom. The normalized spacial score (nSPS) is 12.6. The minimum Gasteiger partial charge on any atom is -0.507 e. The van der Waals surface area contributed by atoms with Gasteiger partial charge in [-0.15, -0.1) is 0 Å². The van der Waals surface area contributed by atoms with E-state index < -0.39 is 5.97 Å². The van der Waals surface area contributed by atoms with Crippen molar-refractivity contribution in [3.8, 4) is 5.75 Å². The van der Waals surface area contributed by atoms with E-state index in [1.54, 1.807) is 13.0 Å². The maximum absolute atomic E-state index is 12.2. The van der Waals surface area contributed by atoms with Crippen molar-refractivity contribution in [2.24, 2.45) is 5.92 Å². The molecule has 0 aliphatic heterocycles. The predicted octanol–water partition coefficient (Wildman–Crippen LogP) is 4.07. The first-order valence-corrected chi connectivity index (χ1v) is 9.16. The third kappa shape index (κ3) is 7.39. The molecule has 0 aliphatic carbocycles. The number of aliphatic hydroxyl groups is 1. The van der Waals surface area contributed by atoms with Crippen LogP contribution >= 0.6 is 0 Å². The zero-order valence-corrected chi connectivity index (χ0v) is 16.6. The smallest absolute Gasteiger partial charge is 0.335 e. The minimum absolute atomic E-state index is 0.0611. The Morgan fingerprint density at radius 3 is 2.30 bits per heavy atom. The van der Waals surface area contributed by atoms with Crippen LogP contribution in [0.15, 0.2) is 35.4 Å². The van der Waals surface area contributed by atoms with Crippen LogP contribution in [0.5, 0.6) is 5.75 Å². The van der Waals surface area contributed by atoms with Crippen molar-refractivity contribution < 1.29 is 24.9 Å². The van der Waals surface area contributed by atoms with E-state index in [-0.39, 0.29) is 29.6 Å². The maximum atomic E-state index is 12.2. The van der Waals surface area contributed by atoms with E-state index in [9.17, 15) is 19.8 Å². The molecule has 0 aromatic heterocycles. The van der Waals surface area contributed by atoms with E-state index in [1.165, 1.54) is 12.1 Å². The number of benzene rings is 1. The Labute approximate surface area is 161 Å². The Balaban J connectivity index is 2.98. The van der Waals surface area contributed by atoms with Crippen LogP contribution in [0.4, 0.5) is 0 Å². The molecule has 0 heterocycles. The summed E-state index contributed by atoms with van der Waals surface area (Å²) < 4.78 is 0. The number of carbonyl (C=O) groups excluding carboxylic acids is 1. The zero-order chi connectivity index (χ0) is 20.6. The summed E-state index contributed by atoms with van der Waals surface area (Å²) in [6, 6.07) is 2.92. The van der Waals surface area contributed by atoms with Gasteiger partial charge in [-0.05, 0) is 63.3 Å². The topological polar surface area (TPSA) is 94.8 Å². The summed E-state index contributed by atoms with van der Waals surface area (Å²) >= 11 is 0. The Morgan fingerprint density at radius 1 is 1.11 bits per heavy atom. The van der Waals surface area contributed by atoms with Crippen LogP contribution < -0.4 is 0 Å². The van der Waals surface area contributed by atoms with Crippen LogP contribution in [0, 0.1) is 5.92 Å². The second-order valence-electron chi connectivity index (χ2n) is 7.25. The molecule has 5 heteroatoms. The average molecular weight is 374 g/mol. The van der Waals surface area contributed by atoms with Crippen molar-refractivity contribution in [2.75, 3.05) is 6.61 Å². The SMILES string of the molecule is CC(C)=CCC(=O)[C@@H](C)CCc1cc(C(=O)O)cc(CC=C(C)CO)c1O. The molecule has 0 aliphatic rings. The minimum atomic E-state index is -1.06. The van der Waals surface area contributed by atoms with Gasteiger partial charge in [0.1, 0.15) is 11.5 Å². The molecule has 3 N–H and O–H groups in total. The fourth-order valence-corrected chi connectivity index (χ4v) is 2.62. The highest BCUT2D eigenvalue weighted by Gasteiger charge is 2.16. The first-order chi connectivity index (χ1) is 12.6. The van der Waals surface area contributed by atoms with Crippen LogP contribution in [0.3, 0.4) is 0 Å². The van der Waals surface area contributed by atoms with Crippen molar-refractivity contribution in [2.45, 2.75) is 53.4 Å². The molecule has 0 spiro atoms. The van der Waals surface area contributed by atoms with E-state index in [0.29, 0.717) is 36.8 Å². The Kier molecular flexibility index (Phi) is 8.95. The summed E-state index contributed by atoms with van der Waals surface area (Å²) in [4.78, 5) is 23.6. The third-order valence-electron chi connectivity index (χ3n) is 4.54. The van der Waals surface area contributed by atoms with Gasteiger partial charge in [0.15, 0.2) is 0 Å². The van der Waals surface area contributed by atoms with Gasteiger partial charge < -0.3 is 15.3 Å². The average Bonchev–Trinajstić information content (AvgIpc) is 2.63. The van der Waals surface area contributed by atoms with Crippen LogP contribution in [-0.2, 0) is 17.6 Å². The van der Waals surface area contributed by atoms with Gasteiger partial charge >= 0.3 is 5.97 Å². The van der Waals surface area contributed by atoms with Crippen LogP contribution in [0.2, 0.25) is 0 Å². The second-order valence-corrected chi connectivity index (χ2v) is 7.25. The van der Waals surface area contributed by atoms with Gasteiger partial charge in [0.2, 0.25) is 0 Å². The highest BCUT2D eigenvalue weighted by atomic mass is 16.4. The van der Waals surface area contributed by atoms with Crippen molar-refractivity contribution >= 4 is 11.8 Å². The number of hydrogen-bond acceptors (Lipinski definition) is 4. The molecule has 0 amide bonds. The molecule has 0 radical (unpaired) electrons. The molecule has 148 valence electrons. The van der Waals surface area contributed by atoms with Crippen molar-refractivity contribution in [3.63, 3.8) is 0 Å². The molecule has 0 unspecified atom stereocenters. The number of aliphatic hydroxyl groups excluding tert-OH is 1. The molecule has 1 aromatic carbocycles. The van der Waals surface area contributed by atoms with Gasteiger partial charge in [-0.25, -0.2) is 4.79 Å². The van der Waals surface area contributed by atoms with E-state index in [2.05, 4.69) is 0 Å². The molecule has 1 atom stereocenters. The summed E-state index contributed by atoms with van der Waals surface area (Å²) in [5.41, 5.74) is 2.98.